The normalized spacial score (nSPS) is 19.6. The first kappa shape index (κ1) is 14.1. The Bertz CT molecular complexity index is 603. The molecule has 1 saturated heterocycles. The van der Waals surface area contributed by atoms with Crippen LogP contribution in [0.25, 0.3) is 0 Å². The van der Waals surface area contributed by atoms with E-state index in [0.29, 0.717) is 31.9 Å². The molecule has 0 aliphatic carbocycles. The van der Waals surface area contributed by atoms with Gasteiger partial charge in [0.1, 0.15) is 11.6 Å². The molecule has 1 aromatic carbocycles. The first-order chi connectivity index (χ1) is 10.2. The molecule has 110 valence electrons. The topological polar surface area (TPSA) is 25.4 Å². The van der Waals surface area contributed by atoms with Gasteiger partial charge in [-0.2, -0.15) is 0 Å². The Kier molecular flexibility index (Phi) is 4.22. The highest BCUT2D eigenvalue weighted by Gasteiger charge is 2.25. The average molecular weight is 290 g/mol. The number of ether oxygens (including phenoxy) is 1. The van der Waals surface area contributed by atoms with E-state index in [1.807, 2.05) is 0 Å². The van der Waals surface area contributed by atoms with Gasteiger partial charge in [0.25, 0.3) is 0 Å². The second-order valence-electron chi connectivity index (χ2n) is 5.08. The van der Waals surface area contributed by atoms with Crippen LogP contribution >= 0.6 is 0 Å². The Labute approximate surface area is 122 Å². The number of morpholine rings is 1. The van der Waals surface area contributed by atoms with E-state index < -0.39 is 0 Å². The lowest BCUT2D eigenvalue weighted by atomic mass is 10.0. The highest BCUT2D eigenvalue weighted by molar-refractivity contribution is 5.21. The fraction of sp³-hybridized carbons (Fsp3) is 0.312. The van der Waals surface area contributed by atoms with Crippen LogP contribution in [-0.4, -0.2) is 29.6 Å². The summed E-state index contributed by atoms with van der Waals surface area (Å²) in [6.45, 7) is 2.34. The standard InChI is InChI=1S/C16H16F2N2O/c17-14-3-1-12(2-4-14)16-11-21-8-7-20(16)10-13-5-6-19-9-15(13)18/h1-6,9,16H,7-8,10-11H2. The van der Waals surface area contributed by atoms with Gasteiger partial charge in [-0.05, 0) is 23.8 Å². The molecular weight excluding hydrogens is 274 g/mol. The van der Waals surface area contributed by atoms with E-state index in [4.69, 9.17) is 4.74 Å². The molecule has 2 aromatic rings. The zero-order chi connectivity index (χ0) is 14.7. The van der Waals surface area contributed by atoms with Crippen LogP contribution in [-0.2, 0) is 11.3 Å². The lowest BCUT2D eigenvalue weighted by molar-refractivity contribution is -0.0131. The second-order valence-corrected chi connectivity index (χ2v) is 5.08. The predicted octanol–water partition coefficient (Wildman–Crippen LogP) is 2.93. The monoisotopic (exact) mass is 290 g/mol. The Morgan fingerprint density at radius 3 is 2.76 bits per heavy atom. The van der Waals surface area contributed by atoms with Crippen LogP contribution in [0.3, 0.4) is 0 Å². The summed E-state index contributed by atoms with van der Waals surface area (Å²) < 4.78 is 32.3. The van der Waals surface area contributed by atoms with Crippen molar-refractivity contribution in [3.63, 3.8) is 0 Å². The molecule has 0 amide bonds. The number of hydrogen-bond acceptors (Lipinski definition) is 3. The first-order valence-electron chi connectivity index (χ1n) is 6.89. The molecule has 0 spiro atoms. The Hall–Kier alpha value is -1.85. The Balaban J connectivity index is 1.81. The highest BCUT2D eigenvalue weighted by Crippen LogP contribution is 2.26. The molecule has 0 saturated carbocycles. The van der Waals surface area contributed by atoms with Gasteiger partial charge in [0, 0.05) is 24.8 Å². The van der Waals surface area contributed by atoms with Crippen molar-refractivity contribution in [2.45, 2.75) is 12.6 Å². The van der Waals surface area contributed by atoms with E-state index in [1.165, 1.54) is 18.3 Å². The SMILES string of the molecule is Fc1ccc(C2COCCN2Cc2ccncc2F)cc1. The number of hydrogen-bond donors (Lipinski definition) is 0. The maximum Gasteiger partial charge on any atom is 0.145 e. The molecule has 3 rings (SSSR count). The minimum Gasteiger partial charge on any atom is -0.378 e. The predicted molar refractivity (Wildman–Crippen MR) is 74.6 cm³/mol. The summed E-state index contributed by atoms with van der Waals surface area (Å²) in [5.74, 6) is -0.566. The molecule has 3 nitrogen and oxygen atoms in total. The number of pyridine rings is 1. The lowest BCUT2D eigenvalue weighted by Crippen LogP contribution is -2.39. The summed E-state index contributed by atoms with van der Waals surface area (Å²) in [7, 11) is 0. The summed E-state index contributed by atoms with van der Waals surface area (Å²) in [6, 6.07) is 8.08. The number of nitrogens with zero attached hydrogens (tertiary/aromatic N) is 2. The molecule has 0 N–H and O–H groups in total. The van der Waals surface area contributed by atoms with Crippen molar-refractivity contribution in [2.24, 2.45) is 0 Å². The Morgan fingerprint density at radius 1 is 1.19 bits per heavy atom. The van der Waals surface area contributed by atoms with Crippen molar-refractivity contribution in [1.82, 2.24) is 9.88 Å². The van der Waals surface area contributed by atoms with E-state index in [1.54, 1.807) is 24.4 Å². The van der Waals surface area contributed by atoms with Crippen LogP contribution in [0.1, 0.15) is 17.2 Å². The van der Waals surface area contributed by atoms with Crippen LogP contribution in [0, 0.1) is 11.6 Å². The van der Waals surface area contributed by atoms with Gasteiger partial charge >= 0.3 is 0 Å². The minimum atomic E-state index is -0.304. The van der Waals surface area contributed by atoms with Crippen LogP contribution in [0.4, 0.5) is 8.78 Å². The van der Waals surface area contributed by atoms with Gasteiger partial charge < -0.3 is 4.74 Å². The molecule has 1 aliphatic heterocycles. The summed E-state index contributed by atoms with van der Waals surface area (Å²) in [4.78, 5) is 5.91. The van der Waals surface area contributed by atoms with Crippen molar-refractivity contribution in [3.05, 3.63) is 65.5 Å². The van der Waals surface area contributed by atoms with Crippen molar-refractivity contribution < 1.29 is 13.5 Å². The van der Waals surface area contributed by atoms with Gasteiger partial charge in [0.05, 0.1) is 25.5 Å². The molecule has 5 heteroatoms. The van der Waals surface area contributed by atoms with Crippen molar-refractivity contribution >= 4 is 0 Å². The van der Waals surface area contributed by atoms with Crippen LogP contribution in [0.5, 0.6) is 0 Å². The largest absolute Gasteiger partial charge is 0.378 e. The molecule has 1 aromatic heterocycles. The van der Waals surface area contributed by atoms with Gasteiger partial charge in [-0.15, -0.1) is 0 Å². The van der Waals surface area contributed by atoms with E-state index in [0.717, 1.165) is 5.56 Å². The van der Waals surface area contributed by atoms with Gasteiger partial charge in [-0.3, -0.25) is 9.88 Å². The zero-order valence-corrected chi connectivity index (χ0v) is 11.5. The number of halogens is 2. The molecule has 0 bridgehead atoms. The third-order valence-corrected chi connectivity index (χ3v) is 3.72. The van der Waals surface area contributed by atoms with Crippen molar-refractivity contribution in [1.29, 1.82) is 0 Å². The third-order valence-electron chi connectivity index (χ3n) is 3.72. The molecule has 0 radical (unpaired) electrons. The number of aromatic nitrogens is 1. The van der Waals surface area contributed by atoms with E-state index in [-0.39, 0.29) is 17.7 Å². The lowest BCUT2D eigenvalue weighted by Gasteiger charge is -2.36. The Morgan fingerprint density at radius 2 is 2.00 bits per heavy atom. The third kappa shape index (κ3) is 3.25. The molecule has 1 fully saturated rings. The molecule has 21 heavy (non-hydrogen) atoms. The van der Waals surface area contributed by atoms with Gasteiger partial charge in [0.2, 0.25) is 0 Å². The van der Waals surface area contributed by atoms with Crippen molar-refractivity contribution in [3.8, 4) is 0 Å². The molecule has 2 heterocycles. The summed E-state index contributed by atoms with van der Waals surface area (Å²) in [6.07, 6.45) is 2.81. The maximum atomic E-state index is 13.8. The van der Waals surface area contributed by atoms with Crippen molar-refractivity contribution in [2.75, 3.05) is 19.8 Å². The summed E-state index contributed by atoms with van der Waals surface area (Å²) in [5, 5.41) is 0. The second kappa shape index (κ2) is 6.28. The van der Waals surface area contributed by atoms with Gasteiger partial charge in [-0.25, -0.2) is 8.78 Å². The van der Waals surface area contributed by atoms with E-state index in [2.05, 4.69) is 9.88 Å². The number of benzene rings is 1. The quantitative estimate of drug-likeness (QED) is 0.869. The molecule has 1 atom stereocenters. The smallest absolute Gasteiger partial charge is 0.145 e. The van der Waals surface area contributed by atoms with Crippen LogP contribution < -0.4 is 0 Å². The minimum absolute atomic E-state index is 0.00640. The molecule has 1 aliphatic rings. The van der Waals surface area contributed by atoms with Gasteiger partial charge in [0.15, 0.2) is 0 Å². The highest BCUT2D eigenvalue weighted by atomic mass is 19.1. The van der Waals surface area contributed by atoms with Crippen LogP contribution in [0.15, 0.2) is 42.7 Å². The van der Waals surface area contributed by atoms with E-state index in [9.17, 15) is 8.78 Å². The molecular formula is C16H16F2N2O. The zero-order valence-electron chi connectivity index (χ0n) is 11.5. The van der Waals surface area contributed by atoms with Crippen LogP contribution in [0.2, 0.25) is 0 Å². The summed E-state index contributed by atoms with van der Waals surface area (Å²) in [5.41, 5.74) is 1.59. The summed E-state index contributed by atoms with van der Waals surface area (Å²) >= 11 is 0. The molecule has 1 unspecified atom stereocenters. The average Bonchev–Trinajstić information content (AvgIpc) is 2.51. The van der Waals surface area contributed by atoms with E-state index >= 15 is 0 Å². The fourth-order valence-electron chi connectivity index (χ4n) is 2.57. The first-order valence-corrected chi connectivity index (χ1v) is 6.89. The fourth-order valence-corrected chi connectivity index (χ4v) is 2.57. The number of rotatable bonds is 3. The maximum absolute atomic E-state index is 13.8. The van der Waals surface area contributed by atoms with Gasteiger partial charge in [-0.1, -0.05) is 12.1 Å².